The Bertz CT molecular complexity index is 969. The van der Waals surface area contributed by atoms with Crippen molar-refractivity contribution in [1.29, 1.82) is 0 Å². The third-order valence-corrected chi connectivity index (χ3v) is 5.88. The van der Waals surface area contributed by atoms with E-state index in [1.54, 1.807) is 18.3 Å². The molecule has 0 saturated heterocycles. The summed E-state index contributed by atoms with van der Waals surface area (Å²) in [6, 6.07) is 5.54. The Labute approximate surface area is 154 Å². The van der Waals surface area contributed by atoms with Crippen LogP contribution in [0.3, 0.4) is 0 Å². The van der Waals surface area contributed by atoms with Crippen LogP contribution in [0.5, 0.6) is 0 Å². The monoisotopic (exact) mass is 372 g/mol. The van der Waals surface area contributed by atoms with Crippen molar-refractivity contribution < 1.29 is 4.79 Å². The maximum Gasteiger partial charge on any atom is 0.268 e. The maximum absolute atomic E-state index is 12.6. The number of hydrogen-bond donors (Lipinski definition) is 2. The van der Waals surface area contributed by atoms with Gasteiger partial charge in [0.1, 0.15) is 9.71 Å². The van der Waals surface area contributed by atoms with Crippen LogP contribution < -0.4 is 11.1 Å². The van der Waals surface area contributed by atoms with E-state index in [-0.39, 0.29) is 11.1 Å². The molecule has 0 atom stereocenters. The van der Waals surface area contributed by atoms with E-state index in [0.717, 1.165) is 28.8 Å². The van der Waals surface area contributed by atoms with Gasteiger partial charge in [-0.05, 0) is 49.4 Å². The molecular weight excluding hydrogens is 356 g/mol. The number of nitrogens with two attached hydrogens (primary N) is 1. The number of amides is 1. The zero-order valence-electron chi connectivity index (χ0n) is 13.5. The highest BCUT2D eigenvalue weighted by atomic mass is 35.5. The molecule has 128 valence electrons. The molecule has 0 saturated carbocycles. The van der Waals surface area contributed by atoms with Crippen LogP contribution in [0.15, 0.2) is 24.4 Å². The molecule has 0 aliphatic heterocycles. The van der Waals surface area contributed by atoms with Gasteiger partial charge in [-0.25, -0.2) is 9.97 Å². The van der Waals surface area contributed by atoms with Gasteiger partial charge in [0.2, 0.25) is 0 Å². The van der Waals surface area contributed by atoms with Gasteiger partial charge in [0, 0.05) is 17.3 Å². The lowest BCUT2D eigenvalue weighted by Crippen LogP contribution is -2.12. The van der Waals surface area contributed by atoms with Gasteiger partial charge in [0.05, 0.1) is 11.4 Å². The average Bonchev–Trinajstić information content (AvgIpc) is 2.78. The lowest BCUT2D eigenvalue weighted by Gasteiger charge is -2.05. The quantitative estimate of drug-likeness (QED) is 0.514. The van der Waals surface area contributed by atoms with Crippen LogP contribution in [0.1, 0.15) is 40.2 Å². The number of pyridine rings is 2. The number of rotatable bonds is 2. The molecule has 3 heterocycles. The molecule has 25 heavy (non-hydrogen) atoms. The molecule has 4 rings (SSSR count). The van der Waals surface area contributed by atoms with Crippen LogP contribution in [0.25, 0.3) is 10.2 Å². The first kappa shape index (κ1) is 16.3. The summed E-state index contributed by atoms with van der Waals surface area (Å²) in [5.74, 6) is -0.286. The topological polar surface area (TPSA) is 80.9 Å². The van der Waals surface area contributed by atoms with E-state index < -0.39 is 0 Å². The van der Waals surface area contributed by atoms with Crippen molar-refractivity contribution in [3.8, 4) is 0 Å². The average molecular weight is 373 g/mol. The molecular formula is C18H17ClN4OS. The minimum Gasteiger partial charge on any atom is -0.397 e. The second-order valence-corrected chi connectivity index (χ2v) is 7.51. The molecule has 3 aromatic heterocycles. The Morgan fingerprint density at radius 1 is 1.28 bits per heavy atom. The summed E-state index contributed by atoms with van der Waals surface area (Å²) in [7, 11) is 0. The number of halogens is 1. The van der Waals surface area contributed by atoms with E-state index in [0.29, 0.717) is 16.3 Å². The molecule has 3 N–H and O–H groups in total. The number of nitrogens with zero attached hydrogens (tertiary/aromatic N) is 2. The Kier molecular flexibility index (Phi) is 4.31. The standard InChI is InChI=1S/C18H17ClN4OS/c19-16-13(7-4-8-21-16)22-17(24)15-14(20)11-9-10-5-2-1-3-6-12(10)23-18(11)25-15/h4,7-9H,1-3,5-6,20H2,(H,22,24). The third-order valence-electron chi connectivity index (χ3n) is 4.46. The summed E-state index contributed by atoms with van der Waals surface area (Å²) < 4.78 is 0. The van der Waals surface area contributed by atoms with Crippen molar-refractivity contribution in [1.82, 2.24) is 9.97 Å². The van der Waals surface area contributed by atoms with Gasteiger partial charge < -0.3 is 11.1 Å². The molecule has 5 nitrogen and oxygen atoms in total. The van der Waals surface area contributed by atoms with Crippen LogP contribution in [0, 0.1) is 0 Å². The number of nitrogen functional groups attached to an aromatic ring is 1. The summed E-state index contributed by atoms with van der Waals surface area (Å²) in [6.45, 7) is 0. The maximum atomic E-state index is 12.6. The number of fused-ring (bicyclic) bond motifs is 2. The number of aromatic nitrogens is 2. The second kappa shape index (κ2) is 6.61. The predicted octanol–water partition coefficient (Wildman–Crippen LogP) is 4.45. The lowest BCUT2D eigenvalue weighted by atomic mass is 10.1. The molecule has 0 fully saturated rings. The summed E-state index contributed by atoms with van der Waals surface area (Å²) in [5.41, 5.74) is 9.62. The number of anilines is 2. The second-order valence-electron chi connectivity index (χ2n) is 6.15. The third kappa shape index (κ3) is 3.07. The highest BCUT2D eigenvalue weighted by Gasteiger charge is 2.20. The first-order chi connectivity index (χ1) is 12.1. The molecule has 0 unspecified atom stereocenters. The van der Waals surface area contributed by atoms with Crippen LogP contribution in [0.4, 0.5) is 11.4 Å². The van der Waals surface area contributed by atoms with Gasteiger partial charge in [-0.3, -0.25) is 4.79 Å². The Hall–Kier alpha value is -2.18. The molecule has 3 aromatic rings. The minimum absolute atomic E-state index is 0.250. The van der Waals surface area contributed by atoms with Gasteiger partial charge in [-0.2, -0.15) is 0 Å². The number of carbonyl (C=O) groups excluding carboxylic acids is 1. The lowest BCUT2D eigenvalue weighted by molar-refractivity contribution is 0.103. The van der Waals surface area contributed by atoms with Crippen LogP contribution in [-0.4, -0.2) is 15.9 Å². The van der Waals surface area contributed by atoms with E-state index in [1.165, 1.54) is 36.2 Å². The number of carbonyl (C=O) groups is 1. The van der Waals surface area contributed by atoms with E-state index in [9.17, 15) is 4.79 Å². The van der Waals surface area contributed by atoms with Crippen molar-refractivity contribution in [2.75, 3.05) is 11.1 Å². The van der Waals surface area contributed by atoms with Crippen molar-refractivity contribution in [2.45, 2.75) is 32.1 Å². The SMILES string of the molecule is Nc1c(C(=O)Nc2cccnc2Cl)sc2nc3c(cc12)CCCCC3. The molecule has 0 aromatic carbocycles. The largest absolute Gasteiger partial charge is 0.397 e. The van der Waals surface area contributed by atoms with E-state index >= 15 is 0 Å². The zero-order valence-corrected chi connectivity index (χ0v) is 15.1. The van der Waals surface area contributed by atoms with Crippen molar-refractivity contribution in [3.63, 3.8) is 0 Å². The number of nitrogens with one attached hydrogen (secondary N) is 1. The van der Waals surface area contributed by atoms with Crippen molar-refractivity contribution >= 4 is 50.4 Å². The fourth-order valence-electron chi connectivity index (χ4n) is 3.16. The first-order valence-corrected chi connectivity index (χ1v) is 9.45. The fraction of sp³-hybridized carbons (Fsp3) is 0.278. The molecule has 0 bridgehead atoms. The summed E-state index contributed by atoms with van der Waals surface area (Å²) >= 11 is 7.33. The van der Waals surface area contributed by atoms with Gasteiger partial charge in [0.25, 0.3) is 5.91 Å². The number of aryl methyl sites for hydroxylation is 2. The Balaban J connectivity index is 1.71. The molecule has 1 aliphatic rings. The first-order valence-electron chi connectivity index (χ1n) is 8.26. The fourth-order valence-corrected chi connectivity index (χ4v) is 4.32. The highest BCUT2D eigenvalue weighted by molar-refractivity contribution is 7.21. The van der Waals surface area contributed by atoms with Gasteiger partial charge in [0.15, 0.2) is 5.15 Å². The van der Waals surface area contributed by atoms with E-state index in [4.69, 9.17) is 22.3 Å². The van der Waals surface area contributed by atoms with Gasteiger partial charge in [-0.15, -0.1) is 11.3 Å². The van der Waals surface area contributed by atoms with Crippen molar-refractivity contribution in [2.24, 2.45) is 0 Å². The Morgan fingerprint density at radius 3 is 2.96 bits per heavy atom. The molecule has 0 radical (unpaired) electrons. The molecule has 7 heteroatoms. The summed E-state index contributed by atoms with van der Waals surface area (Å²) in [4.78, 5) is 22.7. The Morgan fingerprint density at radius 2 is 2.12 bits per heavy atom. The smallest absolute Gasteiger partial charge is 0.268 e. The summed E-state index contributed by atoms with van der Waals surface area (Å²) in [5, 5.41) is 3.90. The van der Waals surface area contributed by atoms with Gasteiger partial charge >= 0.3 is 0 Å². The van der Waals surface area contributed by atoms with Crippen molar-refractivity contribution in [3.05, 3.63) is 45.7 Å². The highest BCUT2D eigenvalue weighted by Crippen LogP contribution is 2.35. The van der Waals surface area contributed by atoms with Gasteiger partial charge in [-0.1, -0.05) is 18.0 Å². The van der Waals surface area contributed by atoms with E-state index in [2.05, 4.69) is 16.4 Å². The normalized spacial score (nSPS) is 14.1. The predicted molar refractivity (Wildman–Crippen MR) is 102 cm³/mol. The van der Waals surface area contributed by atoms with Crippen LogP contribution in [-0.2, 0) is 12.8 Å². The molecule has 1 amide bonds. The minimum atomic E-state index is -0.286. The molecule has 1 aliphatic carbocycles. The van der Waals surface area contributed by atoms with E-state index in [1.807, 2.05) is 0 Å². The zero-order chi connectivity index (χ0) is 17.4. The summed E-state index contributed by atoms with van der Waals surface area (Å²) in [6.07, 6.45) is 7.17. The number of thiophene rings is 1. The molecule has 0 spiro atoms. The van der Waals surface area contributed by atoms with Crippen LogP contribution in [0.2, 0.25) is 5.15 Å². The van der Waals surface area contributed by atoms with Crippen LogP contribution >= 0.6 is 22.9 Å². The number of hydrogen-bond acceptors (Lipinski definition) is 5.